The largest absolute Gasteiger partial charge is 0.480 e. The van der Waals surface area contributed by atoms with Crippen LogP contribution in [0.4, 0.5) is 0 Å². The van der Waals surface area contributed by atoms with E-state index in [0.29, 0.717) is 18.6 Å². The molecule has 0 saturated carbocycles. The number of hydrogen-bond donors (Lipinski definition) is 6. The number of amides is 4. The molecule has 0 aromatic heterocycles. The minimum Gasteiger partial charge on any atom is -0.480 e. The van der Waals surface area contributed by atoms with Gasteiger partial charge in [-0.2, -0.15) is 11.8 Å². The van der Waals surface area contributed by atoms with Crippen LogP contribution in [-0.4, -0.2) is 93.5 Å². The number of carboxylic acids is 1. The van der Waals surface area contributed by atoms with E-state index >= 15 is 0 Å². The second-order valence-electron chi connectivity index (χ2n) is 7.71. The minimum absolute atomic E-state index is 0.135. The number of likely N-dealkylation sites (tertiary alicyclic amines) is 1. The van der Waals surface area contributed by atoms with Crippen molar-refractivity contribution in [1.82, 2.24) is 15.5 Å². The van der Waals surface area contributed by atoms with E-state index in [-0.39, 0.29) is 25.8 Å². The van der Waals surface area contributed by atoms with Crippen molar-refractivity contribution in [2.45, 2.75) is 69.3 Å². The van der Waals surface area contributed by atoms with Crippen LogP contribution in [0.5, 0.6) is 0 Å². The lowest BCUT2D eigenvalue weighted by atomic mass is 10.1. The lowest BCUT2D eigenvalue weighted by Gasteiger charge is -2.30. The molecule has 0 radical (unpaired) electrons. The van der Waals surface area contributed by atoms with Gasteiger partial charge in [0.25, 0.3) is 0 Å². The molecule has 0 spiro atoms. The van der Waals surface area contributed by atoms with E-state index in [2.05, 4.69) is 10.6 Å². The Morgan fingerprint density at radius 1 is 1.16 bits per heavy atom. The molecule has 0 aromatic rings. The highest BCUT2D eigenvalue weighted by Crippen LogP contribution is 2.19. The number of aliphatic carboxylic acids is 1. The molecule has 0 aromatic carbocycles. The fourth-order valence-corrected chi connectivity index (χ4v) is 3.81. The van der Waals surface area contributed by atoms with E-state index in [0.717, 1.165) is 4.90 Å². The lowest BCUT2D eigenvalue weighted by Crippen LogP contribution is -2.60. The molecule has 12 nitrogen and oxygen atoms in total. The Kier molecular flexibility index (Phi) is 11.4. The van der Waals surface area contributed by atoms with Crippen LogP contribution >= 0.6 is 11.8 Å². The van der Waals surface area contributed by atoms with Gasteiger partial charge in [0.15, 0.2) is 0 Å². The smallest absolute Gasteiger partial charge is 0.326 e. The Morgan fingerprint density at radius 3 is 2.34 bits per heavy atom. The van der Waals surface area contributed by atoms with Crippen molar-refractivity contribution in [2.75, 3.05) is 18.6 Å². The SMILES string of the molecule is CSCC[C@H](N)C(=O)N[C@@H](CCC(N)=O)C(=O)N[C@H](C(=O)N1CCC[C@H]1C(=O)O)[C@@H](C)O. The molecular formula is C19H33N5O7S. The summed E-state index contributed by atoms with van der Waals surface area (Å²) in [5, 5.41) is 24.2. The fourth-order valence-electron chi connectivity index (χ4n) is 3.32. The monoisotopic (exact) mass is 475 g/mol. The molecule has 1 rings (SSSR count). The number of carboxylic acid groups (broad SMARTS) is 1. The summed E-state index contributed by atoms with van der Waals surface area (Å²) in [6.45, 7) is 1.46. The van der Waals surface area contributed by atoms with Crippen LogP contribution in [0.2, 0.25) is 0 Å². The maximum Gasteiger partial charge on any atom is 0.326 e. The first-order valence-electron chi connectivity index (χ1n) is 10.3. The minimum atomic E-state index is -1.43. The Morgan fingerprint density at radius 2 is 1.81 bits per heavy atom. The van der Waals surface area contributed by atoms with Crippen molar-refractivity contribution in [3.63, 3.8) is 0 Å². The zero-order valence-corrected chi connectivity index (χ0v) is 19.1. The molecule has 0 bridgehead atoms. The van der Waals surface area contributed by atoms with Crippen LogP contribution in [0.1, 0.15) is 39.0 Å². The Hall–Kier alpha value is -2.38. The fraction of sp³-hybridized carbons (Fsp3) is 0.737. The predicted octanol–water partition coefficient (Wildman–Crippen LogP) is -2.24. The predicted molar refractivity (Wildman–Crippen MR) is 117 cm³/mol. The molecule has 13 heteroatoms. The van der Waals surface area contributed by atoms with Gasteiger partial charge in [0, 0.05) is 13.0 Å². The summed E-state index contributed by atoms with van der Waals surface area (Å²) >= 11 is 1.50. The Balaban J connectivity index is 2.95. The zero-order valence-electron chi connectivity index (χ0n) is 18.3. The van der Waals surface area contributed by atoms with E-state index in [9.17, 15) is 34.2 Å². The molecule has 4 amide bonds. The number of carbonyl (C=O) groups is 5. The average molecular weight is 476 g/mol. The molecule has 0 unspecified atom stereocenters. The first-order chi connectivity index (χ1) is 15.0. The van der Waals surface area contributed by atoms with Crippen LogP contribution in [0, 0.1) is 0 Å². The second-order valence-corrected chi connectivity index (χ2v) is 8.69. The molecule has 1 saturated heterocycles. The first-order valence-corrected chi connectivity index (χ1v) is 11.7. The highest BCUT2D eigenvalue weighted by molar-refractivity contribution is 7.98. The number of nitrogens with zero attached hydrogens (tertiary/aromatic N) is 1. The summed E-state index contributed by atoms with van der Waals surface area (Å²) in [6, 6.07) is -4.57. The van der Waals surface area contributed by atoms with Gasteiger partial charge >= 0.3 is 5.97 Å². The molecule has 0 aliphatic carbocycles. The Bertz CT molecular complexity index is 706. The molecule has 1 fully saturated rings. The molecule has 182 valence electrons. The third-order valence-corrected chi connectivity index (χ3v) is 5.79. The van der Waals surface area contributed by atoms with Crippen LogP contribution < -0.4 is 22.1 Å². The summed E-state index contributed by atoms with van der Waals surface area (Å²) in [5.41, 5.74) is 11.0. The molecule has 1 heterocycles. The third-order valence-electron chi connectivity index (χ3n) is 5.15. The second kappa shape index (κ2) is 13.2. The van der Waals surface area contributed by atoms with Crippen molar-refractivity contribution in [2.24, 2.45) is 11.5 Å². The first kappa shape index (κ1) is 27.7. The van der Waals surface area contributed by atoms with Crippen LogP contribution in [0.25, 0.3) is 0 Å². The average Bonchev–Trinajstić information content (AvgIpc) is 3.22. The van der Waals surface area contributed by atoms with Gasteiger partial charge in [-0.25, -0.2) is 4.79 Å². The van der Waals surface area contributed by atoms with Gasteiger partial charge < -0.3 is 37.2 Å². The number of thioether (sulfide) groups is 1. The summed E-state index contributed by atoms with van der Waals surface area (Å²) in [4.78, 5) is 61.8. The lowest BCUT2D eigenvalue weighted by molar-refractivity contribution is -0.150. The van der Waals surface area contributed by atoms with Crippen LogP contribution in [-0.2, 0) is 24.0 Å². The van der Waals surface area contributed by atoms with Crippen molar-refractivity contribution in [3.8, 4) is 0 Å². The number of primary amides is 1. The van der Waals surface area contributed by atoms with Gasteiger partial charge in [0.05, 0.1) is 12.1 Å². The van der Waals surface area contributed by atoms with Gasteiger partial charge in [-0.1, -0.05) is 0 Å². The molecular weight excluding hydrogens is 442 g/mol. The summed E-state index contributed by atoms with van der Waals surface area (Å²) in [6.07, 6.45) is 1.30. The van der Waals surface area contributed by atoms with E-state index in [1.165, 1.54) is 18.7 Å². The van der Waals surface area contributed by atoms with Crippen molar-refractivity contribution in [3.05, 3.63) is 0 Å². The third kappa shape index (κ3) is 8.28. The van der Waals surface area contributed by atoms with E-state index < -0.39 is 59.9 Å². The number of aliphatic hydroxyl groups is 1. The quantitative estimate of drug-likeness (QED) is 0.170. The number of carbonyl (C=O) groups excluding carboxylic acids is 4. The normalized spacial score (nSPS) is 19.5. The van der Waals surface area contributed by atoms with E-state index in [4.69, 9.17) is 11.5 Å². The number of aliphatic hydroxyl groups excluding tert-OH is 1. The van der Waals surface area contributed by atoms with Gasteiger partial charge in [-0.05, 0) is 44.6 Å². The van der Waals surface area contributed by atoms with Gasteiger partial charge in [-0.3, -0.25) is 19.2 Å². The molecule has 32 heavy (non-hydrogen) atoms. The summed E-state index contributed by atoms with van der Waals surface area (Å²) < 4.78 is 0. The van der Waals surface area contributed by atoms with Crippen LogP contribution in [0.15, 0.2) is 0 Å². The highest BCUT2D eigenvalue weighted by Gasteiger charge is 2.40. The van der Waals surface area contributed by atoms with Gasteiger partial charge in [0.1, 0.15) is 18.1 Å². The molecule has 8 N–H and O–H groups in total. The van der Waals surface area contributed by atoms with Crippen molar-refractivity contribution >= 4 is 41.4 Å². The summed E-state index contributed by atoms with van der Waals surface area (Å²) in [5.74, 6) is -3.39. The van der Waals surface area contributed by atoms with Gasteiger partial charge in [-0.15, -0.1) is 0 Å². The molecule has 5 atom stereocenters. The zero-order chi connectivity index (χ0) is 24.4. The van der Waals surface area contributed by atoms with Crippen molar-refractivity contribution < 1.29 is 34.2 Å². The number of nitrogens with one attached hydrogen (secondary N) is 2. The maximum absolute atomic E-state index is 12.9. The molecule has 1 aliphatic heterocycles. The highest BCUT2D eigenvalue weighted by atomic mass is 32.2. The number of nitrogens with two attached hydrogens (primary N) is 2. The van der Waals surface area contributed by atoms with E-state index in [1.54, 1.807) is 0 Å². The summed E-state index contributed by atoms with van der Waals surface area (Å²) in [7, 11) is 0. The maximum atomic E-state index is 12.9. The van der Waals surface area contributed by atoms with E-state index in [1.807, 2.05) is 6.26 Å². The number of hydrogen-bond acceptors (Lipinski definition) is 8. The standard InChI is InChI=1S/C19H33N5O7S/c1-10(25)15(18(29)24-8-3-4-13(24)19(30)31)23-17(28)12(5-6-14(21)26)22-16(27)11(20)7-9-32-2/h10-13,15,25H,3-9,20H2,1-2H3,(H2,21,26)(H,22,27)(H,23,28)(H,30,31)/t10-,11+,12+,13+,15+/m1/s1. The van der Waals surface area contributed by atoms with Gasteiger partial charge in [0.2, 0.25) is 23.6 Å². The number of rotatable bonds is 13. The van der Waals surface area contributed by atoms with Crippen molar-refractivity contribution in [1.29, 1.82) is 0 Å². The molecule has 1 aliphatic rings. The van der Waals surface area contributed by atoms with Crippen LogP contribution in [0.3, 0.4) is 0 Å². The Labute approximate surface area is 190 Å². The topological polar surface area (TPSA) is 205 Å².